The van der Waals surface area contributed by atoms with Crippen LogP contribution in [0.15, 0.2) is 71.6 Å². The molecular formula is C36H39F2N3O10S. The lowest BCUT2D eigenvalue weighted by Crippen LogP contribution is -2.51. The molecule has 0 radical (unpaired) electrons. The minimum Gasteiger partial charge on any atom is -0.489 e. The average Bonchev–Trinajstić information content (AvgIpc) is 3.81. The van der Waals surface area contributed by atoms with Crippen molar-refractivity contribution in [3.63, 3.8) is 0 Å². The summed E-state index contributed by atoms with van der Waals surface area (Å²) in [5, 5.41) is 23.5. The van der Waals surface area contributed by atoms with Crippen molar-refractivity contribution in [2.24, 2.45) is 11.8 Å². The van der Waals surface area contributed by atoms with Gasteiger partial charge in [0.1, 0.15) is 18.5 Å². The van der Waals surface area contributed by atoms with E-state index < -0.39 is 59.2 Å². The number of nitrogens with zero attached hydrogens (tertiary/aromatic N) is 2. The number of hydrogen-bond acceptors (Lipinski definition) is 11. The number of nitrogens with one attached hydrogen (secondary N) is 1. The second-order valence-corrected chi connectivity index (χ2v) is 15.2. The Balaban J connectivity index is 1.19. The molecule has 0 saturated carbocycles. The predicted octanol–water partition coefficient (Wildman–Crippen LogP) is 4.57. The lowest BCUT2D eigenvalue weighted by atomic mass is 10.0. The Labute approximate surface area is 300 Å². The van der Waals surface area contributed by atoms with Crippen molar-refractivity contribution in [3.05, 3.63) is 83.4 Å². The van der Waals surface area contributed by atoms with E-state index in [1.165, 1.54) is 0 Å². The van der Waals surface area contributed by atoms with E-state index in [0.717, 1.165) is 28.1 Å². The fourth-order valence-electron chi connectivity index (χ4n) is 6.28. The van der Waals surface area contributed by atoms with Crippen LogP contribution in [0, 0.1) is 23.2 Å². The van der Waals surface area contributed by atoms with E-state index >= 15 is 0 Å². The van der Waals surface area contributed by atoms with Crippen LogP contribution >= 0.6 is 0 Å². The highest BCUT2D eigenvalue weighted by molar-refractivity contribution is 7.89. The van der Waals surface area contributed by atoms with Crippen molar-refractivity contribution in [2.45, 2.75) is 69.0 Å². The fourth-order valence-corrected chi connectivity index (χ4v) is 7.92. The number of benzene rings is 3. The van der Waals surface area contributed by atoms with Gasteiger partial charge in [0, 0.05) is 19.2 Å². The molecular weight excluding hydrogens is 704 g/mol. The number of alkyl carbamates (subject to hydrolysis) is 1. The number of carbonyl (C=O) groups excluding carboxylic acids is 1. The molecule has 3 aromatic carbocycles. The van der Waals surface area contributed by atoms with Crippen LogP contribution in [0.25, 0.3) is 0 Å². The van der Waals surface area contributed by atoms with Gasteiger partial charge in [-0.05, 0) is 66.3 Å². The summed E-state index contributed by atoms with van der Waals surface area (Å²) in [7, 11) is -4.37. The summed E-state index contributed by atoms with van der Waals surface area (Å²) in [4.78, 5) is 12.9. The number of carbonyl (C=O) groups is 1. The molecule has 3 aliphatic heterocycles. The molecule has 52 heavy (non-hydrogen) atoms. The number of alkyl halides is 2. The van der Waals surface area contributed by atoms with E-state index in [1.54, 1.807) is 56.3 Å². The minimum absolute atomic E-state index is 0.0348. The van der Waals surface area contributed by atoms with Gasteiger partial charge in [-0.25, -0.2) is 13.2 Å². The highest BCUT2D eigenvalue weighted by Gasteiger charge is 2.45. The monoisotopic (exact) mass is 743 g/mol. The van der Waals surface area contributed by atoms with Gasteiger partial charge in [0.05, 0.1) is 47.8 Å². The molecule has 2 saturated heterocycles. The Bertz CT molecular complexity index is 1890. The third-order valence-corrected chi connectivity index (χ3v) is 10.6. The molecule has 2 fully saturated rings. The van der Waals surface area contributed by atoms with E-state index in [0.29, 0.717) is 29.9 Å². The number of rotatable bonds is 14. The van der Waals surface area contributed by atoms with Gasteiger partial charge in [-0.15, -0.1) is 8.78 Å². The van der Waals surface area contributed by atoms with Crippen LogP contribution in [0.2, 0.25) is 0 Å². The van der Waals surface area contributed by atoms with Crippen LogP contribution < -0.4 is 19.5 Å². The zero-order valence-electron chi connectivity index (χ0n) is 28.4. The Kier molecular flexibility index (Phi) is 11.2. The second-order valence-electron chi connectivity index (χ2n) is 13.2. The molecule has 2 N–H and O–H groups in total. The zero-order valence-corrected chi connectivity index (χ0v) is 29.3. The molecule has 5 atom stereocenters. The lowest BCUT2D eigenvalue weighted by molar-refractivity contribution is -0.286. The first kappa shape index (κ1) is 37.2. The van der Waals surface area contributed by atoms with Crippen molar-refractivity contribution >= 4 is 16.1 Å². The molecule has 0 aromatic heterocycles. The smallest absolute Gasteiger partial charge is 0.489 e. The molecule has 278 valence electrons. The number of fused-ring (bicyclic) bond motifs is 2. The lowest BCUT2D eigenvalue weighted by Gasteiger charge is -2.31. The van der Waals surface area contributed by atoms with E-state index in [1.807, 2.05) is 6.07 Å². The molecule has 0 unspecified atom stereocenters. The van der Waals surface area contributed by atoms with Crippen molar-refractivity contribution < 1.29 is 55.5 Å². The van der Waals surface area contributed by atoms with Gasteiger partial charge in [-0.2, -0.15) is 9.57 Å². The Morgan fingerprint density at radius 2 is 1.83 bits per heavy atom. The summed E-state index contributed by atoms with van der Waals surface area (Å²) in [6, 6.07) is 18.2. The first-order chi connectivity index (χ1) is 24.8. The summed E-state index contributed by atoms with van der Waals surface area (Å²) < 4.78 is 87.8. The molecule has 6 rings (SSSR count). The van der Waals surface area contributed by atoms with Crippen molar-refractivity contribution in [1.29, 1.82) is 5.26 Å². The van der Waals surface area contributed by atoms with Gasteiger partial charge in [-0.3, -0.25) is 0 Å². The van der Waals surface area contributed by atoms with Crippen LogP contribution in [-0.2, 0) is 37.3 Å². The largest absolute Gasteiger partial charge is 0.586 e. The van der Waals surface area contributed by atoms with Gasteiger partial charge >= 0.3 is 12.4 Å². The maximum atomic E-state index is 13.9. The van der Waals surface area contributed by atoms with Crippen molar-refractivity contribution in [2.75, 3.05) is 26.3 Å². The predicted molar refractivity (Wildman–Crippen MR) is 179 cm³/mol. The Morgan fingerprint density at radius 3 is 2.58 bits per heavy atom. The summed E-state index contributed by atoms with van der Waals surface area (Å²) in [5.41, 5.74) is 2.02. The van der Waals surface area contributed by atoms with Crippen LogP contribution in [0.4, 0.5) is 13.6 Å². The summed E-state index contributed by atoms with van der Waals surface area (Å²) >= 11 is 0. The van der Waals surface area contributed by atoms with Crippen molar-refractivity contribution in [1.82, 2.24) is 9.62 Å². The number of halogens is 2. The maximum absolute atomic E-state index is 13.9. The first-order valence-corrected chi connectivity index (χ1v) is 18.2. The zero-order chi connectivity index (χ0) is 37.0. The summed E-state index contributed by atoms with van der Waals surface area (Å²) in [6.45, 7) is 3.95. The molecule has 16 heteroatoms. The number of sulfonamides is 1. The average molecular weight is 744 g/mol. The molecule has 3 aromatic rings. The molecule has 1 amide bonds. The number of hydrogen-bond donors (Lipinski definition) is 2. The molecule has 3 aliphatic rings. The number of nitriles is 1. The van der Waals surface area contributed by atoms with Gasteiger partial charge in [0.2, 0.25) is 10.0 Å². The van der Waals surface area contributed by atoms with E-state index in [-0.39, 0.29) is 48.7 Å². The topological polar surface area (TPSA) is 166 Å². The third kappa shape index (κ3) is 8.91. The molecule has 0 spiro atoms. The molecule has 0 aliphatic carbocycles. The number of aliphatic hydroxyl groups excluding tert-OH is 1. The van der Waals surface area contributed by atoms with Crippen LogP contribution in [0.5, 0.6) is 17.2 Å². The molecule has 0 bridgehead atoms. The highest BCUT2D eigenvalue weighted by Crippen LogP contribution is 2.42. The summed E-state index contributed by atoms with van der Waals surface area (Å²) in [5.74, 6) is -0.531. The van der Waals surface area contributed by atoms with Crippen LogP contribution in [0.3, 0.4) is 0 Å². The van der Waals surface area contributed by atoms with Gasteiger partial charge in [0.15, 0.2) is 17.8 Å². The fraction of sp³-hybridized carbons (Fsp3) is 0.444. The van der Waals surface area contributed by atoms with E-state index in [2.05, 4.69) is 20.9 Å². The molecule has 13 nitrogen and oxygen atoms in total. The second kappa shape index (κ2) is 15.6. The minimum atomic E-state index is -4.37. The first-order valence-electron chi connectivity index (χ1n) is 16.8. The highest BCUT2D eigenvalue weighted by atomic mass is 32.2. The van der Waals surface area contributed by atoms with E-state index in [4.69, 9.17) is 24.2 Å². The maximum Gasteiger partial charge on any atom is 0.586 e. The molecule has 3 heterocycles. The van der Waals surface area contributed by atoms with Crippen LogP contribution in [-0.4, -0.2) is 81.1 Å². The van der Waals surface area contributed by atoms with Gasteiger partial charge in [0.25, 0.3) is 0 Å². The van der Waals surface area contributed by atoms with Crippen LogP contribution in [0.1, 0.15) is 37.0 Å². The van der Waals surface area contributed by atoms with E-state index in [9.17, 15) is 27.1 Å². The van der Waals surface area contributed by atoms with Gasteiger partial charge in [-0.1, -0.05) is 38.1 Å². The van der Waals surface area contributed by atoms with Gasteiger partial charge < -0.3 is 38.8 Å². The quantitative estimate of drug-likeness (QED) is 0.238. The number of amides is 1. The number of aliphatic hydroxyl groups is 1. The summed E-state index contributed by atoms with van der Waals surface area (Å²) in [6.07, 6.45) is -6.49. The number of ether oxygens (including phenoxy) is 6. The third-order valence-electron chi connectivity index (χ3n) is 8.82. The Hall–Kier alpha value is -4.53. The van der Waals surface area contributed by atoms with Crippen molar-refractivity contribution in [3.8, 4) is 23.3 Å². The SMILES string of the molecule is CC(C)CN(C[C@@H](O)[C@H](Cc1ccc(OCc2cccc(C#N)c2)cc1)NC(=O)O[C@H]1CO[C@H]2OCC[C@H]21)S(=O)(=O)c1ccc2c(c1)OC(F)(F)O2. The Morgan fingerprint density at radius 1 is 1.06 bits per heavy atom. The normalized spacial score (nSPS) is 21.4. The standard InChI is InChI=1S/C36H39F2N3O10S/c1-22(2)18-41(52(44,45)27-10-11-31-32(16-27)51-36(37,38)50-31)19-30(42)29(40-35(43)49-33-21-48-34-28(33)12-13-46-34)15-23-6-8-26(9-7-23)47-20-25-5-3-4-24(14-25)17-39/h3-11,14,16,22,28-30,33-34,42H,12-13,15,18-21H2,1-2H3,(H,40,43)/t28-,29-,30+,33-,34+/m0/s1.